The van der Waals surface area contributed by atoms with Gasteiger partial charge < -0.3 is 0 Å². The molecule has 0 aromatic rings. The van der Waals surface area contributed by atoms with Crippen molar-refractivity contribution in [3.05, 3.63) is 0 Å². The van der Waals surface area contributed by atoms with Crippen LogP contribution in [0, 0.1) is 0 Å². The van der Waals surface area contributed by atoms with Crippen molar-refractivity contribution in [2.24, 2.45) is 0 Å². The summed E-state index contributed by atoms with van der Waals surface area (Å²) in [5, 5.41) is 0. The largest absolute Gasteiger partial charge is 0.289 e. The quantitative estimate of drug-likeness (QED) is 0.610. The van der Waals surface area contributed by atoms with Crippen LogP contribution in [0.2, 0.25) is 0 Å². The van der Waals surface area contributed by atoms with Crippen LogP contribution in [-0.4, -0.2) is 93.6 Å². The lowest BCUT2D eigenvalue weighted by Gasteiger charge is -2.38. The van der Waals surface area contributed by atoms with Gasteiger partial charge in [0.05, 0.1) is 24.9 Å². The van der Waals surface area contributed by atoms with Crippen molar-refractivity contribution in [2.75, 3.05) is 26.2 Å². The van der Waals surface area contributed by atoms with Crippen LogP contribution < -0.4 is 0 Å². The van der Waals surface area contributed by atoms with E-state index in [1.165, 1.54) is 9.80 Å². The Bertz CT molecular complexity index is 621. The number of piperazine rings is 1. The topological polar surface area (TPSA) is 81.2 Å². The first-order chi connectivity index (χ1) is 12.5. The van der Waals surface area contributed by atoms with Gasteiger partial charge in [0, 0.05) is 38.3 Å². The smallest absolute Gasteiger partial charge is 0.247 e. The molecule has 8 nitrogen and oxygen atoms in total. The highest BCUT2D eigenvalue weighted by atomic mass is 16.2. The van der Waals surface area contributed by atoms with E-state index in [1.54, 1.807) is 0 Å². The van der Waals surface area contributed by atoms with Crippen LogP contribution in [0.5, 0.6) is 0 Å². The Morgan fingerprint density at radius 3 is 1.23 bits per heavy atom. The monoisotopic (exact) mass is 360 g/mol. The van der Waals surface area contributed by atoms with E-state index >= 15 is 0 Å². The van der Waals surface area contributed by atoms with Gasteiger partial charge in [0.15, 0.2) is 0 Å². The molecule has 8 heteroatoms. The number of amides is 4. The molecular weight excluding hydrogens is 336 g/mol. The van der Waals surface area contributed by atoms with Crippen LogP contribution in [0.4, 0.5) is 0 Å². The van der Waals surface area contributed by atoms with E-state index in [4.69, 9.17) is 0 Å². The van der Waals surface area contributed by atoms with Crippen LogP contribution in [-0.2, 0) is 19.2 Å². The fourth-order valence-electron chi connectivity index (χ4n) is 4.63. The summed E-state index contributed by atoms with van der Waals surface area (Å²) < 4.78 is 0. The number of likely N-dealkylation sites (tertiary alicyclic amines) is 2. The Labute approximate surface area is 152 Å². The zero-order valence-corrected chi connectivity index (χ0v) is 14.8. The van der Waals surface area contributed by atoms with Crippen molar-refractivity contribution >= 4 is 23.6 Å². The summed E-state index contributed by atoms with van der Waals surface area (Å²) in [5.74, 6) is -0.167. The van der Waals surface area contributed by atoms with Gasteiger partial charge in [-0.1, -0.05) is 0 Å². The van der Waals surface area contributed by atoms with E-state index in [9.17, 15) is 19.2 Å². The molecule has 5 aliphatic rings. The van der Waals surface area contributed by atoms with Crippen LogP contribution in [0.25, 0.3) is 0 Å². The summed E-state index contributed by atoms with van der Waals surface area (Å²) in [6.45, 7) is 2.63. The molecule has 2 atom stereocenters. The number of carbonyl (C=O) groups is 4. The zero-order valence-electron chi connectivity index (χ0n) is 14.8. The molecule has 0 N–H and O–H groups in total. The van der Waals surface area contributed by atoms with Crippen molar-refractivity contribution < 1.29 is 19.2 Å². The summed E-state index contributed by atoms with van der Waals surface area (Å²) in [4.78, 5) is 56.6. The average molecular weight is 360 g/mol. The first kappa shape index (κ1) is 16.4. The number of imide groups is 2. The minimum absolute atomic E-state index is 0.0402. The second-order valence-electron chi connectivity index (χ2n) is 8.18. The molecule has 2 saturated carbocycles. The number of carbonyl (C=O) groups excluding carboxylic acids is 4. The van der Waals surface area contributed by atoms with Crippen LogP contribution >= 0.6 is 0 Å². The van der Waals surface area contributed by atoms with E-state index < -0.39 is 0 Å². The second kappa shape index (κ2) is 5.85. The Balaban J connectivity index is 1.20. The highest BCUT2D eigenvalue weighted by molar-refractivity contribution is 6.06. The maximum absolute atomic E-state index is 12.6. The van der Waals surface area contributed by atoms with Crippen molar-refractivity contribution in [2.45, 2.75) is 62.7 Å². The number of nitrogens with zero attached hydrogens (tertiary/aromatic N) is 4. The normalized spacial score (nSPS) is 34.5. The van der Waals surface area contributed by atoms with Crippen molar-refractivity contribution in [1.82, 2.24) is 19.6 Å². The molecule has 3 aliphatic heterocycles. The summed E-state index contributed by atoms with van der Waals surface area (Å²) in [5.41, 5.74) is 0. The highest BCUT2D eigenvalue weighted by Crippen LogP contribution is 2.35. The average Bonchev–Trinajstić information content (AvgIpc) is 3.54. The van der Waals surface area contributed by atoms with Crippen LogP contribution in [0.1, 0.15) is 38.5 Å². The van der Waals surface area contributed by atoms with Gasteiger partial charge in [-0.3, -0.25) is 38.8 Å². The lowest BCUT2D eigenvalue weighted by atomic mass is 10.1. The highest BCUT2D eigenvalue weighted by Gasteiger charge is 2.50. The molecule has 0 unspecified atom stereocenters. The third-order valence-corrected chi connectivity index (χ3v) is 6.37. The van der Waals surface area contributed by atoms with Crippen LogP contribution in [0.15, 0.2) is 0 Å². The van der Waals surface area contributed by atoms with Crippen molar-refractivity contribution in [3.63, 3.8) is 0 Å². The van der Waals surface area contributed by atoms with Gasteiger partial charge in [0.2, 0.25) is 23.6 Å². The third-order valence-electron chi connectivity index (χ3n) is 6.37. The molecule has 140 valence electrons. The van der Waals surface area contributed by atoms with E-state index in [-0.39, 0.29) is 60.6 Å². The molecule has 5 fully saturated rings. The first-order valence-electron chi connectivity index (χ1n) is 9.74. The molecule has 2 aliphatic carbocycles. The second-order valence-corrected chi connectivity index (χ2v) is 8.18. The van der Waals surface area contributed by atoms with Gasteiger partial charge in [-0.15, -0.1) is 0 Å². The number of hydrogen-bond donors (Lipinski definition) is 0. The standard InChI is InChI=1S/C18H24N4O4/c23-15-9-13(17(25)21(15)11-1-2-11)19-5-7-20(8-6-19)14-10-16(24)22(18(14)26)12-3-4-12/h11-14H,1-10H2/t13-,14+. The molecule has 4 amide bonds. The minimum Gasteiger partial charge on any atom is -0.289 e. The Morgan fingerprint density at radius 1 is 0.577 bits per heavy atom. The van der Waals surface area contributed by atoms with E-state index in [0.29, 0.717) is 26.2 Å². The van der Waals surface area contributed by atoms with E-state index in [1.807, 2.05) is 0 Å². The molecule has 0 aromatic carbocycles. The lowest BCUT2D eigenvalue weighted by Crippen LogP contribution is -2.56. The molecule has 5 rings (SSSR count). The summed E-state index contributed by atoms with van der Waals surface area (Å²) in [6, 6.07) is -0.406. The van der Waals surface area contributed by atoms with Gasteiger partial charge in [0.1, 0.15) is 0 Å². The Kier molecular flexibility index (Phi) is 3.69. The van der Waals surface area contributed by atoms with Gasteiger partial charge in [-0.2, -0.15) is 0 Å². The molecule has 0 bridgehead atoms. The van der Waals surface area contributed by atoms with Gasteiger partial charge in [-0.05, 0) is 25.7 Å². The van der Waals surface area contributed by atoms with Gasteiger partial charge >= 0.3 is 0 Å². The number of rotatable bonds is 4. The zero-order chi connectivity index (χ0) is 18.0. The third kappa shape index (κ3) is 2.58. The van der Waals surface area contributed by atoms with Gasteiger partial charge in [0.25, 0.3) is 0 Å². The fraction of sp³-hybridized carbons (Fsp3) is 0.778. The molecule has 0 spiro atoms. The SMILES string of the molecule is O=C1C[C@@H](N2CCN([C@H]3CC(=O)N(C4CC4)C3=O)CC2)C(=O)N1C1CC1. The lowest BCUT2D eigenvalue weighted by molar-refractivity contribution is -0.143. The van der Waals surface area contributed by atoms with Crippen LogP contribution in [0.3, 0.4) is 0 Å². The summed E-state index contributed by atoms with van der Waals surface area (Å²) in [6.07, 6.45) is 4.32. The maximum atomic E-state index is 12.6. The molecule has 0 aromatic heterocycles. The summed E-state index contributed by atoms with van der Waals surface area (Å²) in [7, 11) is 0. The van der Waals surface area contributed by atoms with E-state index in [2.05, 4.69) is 9.80 Å². The van der Waals surface area contributed by atoms with Gasteiger partial charge in [-0.25, -0.2) is 0 Å². The van der Waals surface area contributed by atoms with Crippen molar-refractivity contribution in [3.8, 4) is 0 Å². The molecular formula is C18H24N4O4. The Morgan fingerprint density at radius 2 is 0.923 bits per heavy atom. The maximum Gasteiger partial charge on any atom is 0.247 e. The fourth-order valence-corrected chi connectivity index (χ4v) is 4.63. The molecule has 3 heterocycles. The number of hydrogen-bond acceptors (Lipinski definition) is 6. The predicted molar refractivity (Wildman–Crippen MR) is 89.7 cm³/mol. The van der Waals surface area contributed by atoms with E-state index in [0.717, 1.165) is 25.7 Å². The summed E-state index contributed by atoms with van der Waals surface area (Å²) >= 11 is 0. The Hall–Kier alpha value is -1.80. The minimum atomic E-state index is -0.339. The van der Waals surface area contributed by atoms with Crippen molar-refractivity contribution in [1.29, 1.82) is 0 Å². The molecule has 26 heavy (non-hydrogen) atoms. The first-order valence-corrected chi connectivity index (χ1v) is 9.74. The molecule has 3 saturated heterocycles. The molecule has 0 radical (unpaired) electrons. The predicted octanol–water partition coefficient (Wildman–Crippen LogP) is -0.816.